The first-order valence-corrected chi connectivity index (χ1v) is 8.87. The first-order valence-electron chi connectivity index (χ1n) is 8.87. The normalized spacial score (nSPS) is 13.2. The zero-order valence-corrected chi connectivity index (χ0v) is 16.1. The lowest BCUT2D eigenvalue weighted by Gasteiger charge is -2.26. The standard InChI is InChI=1S/C21H26O7/c1-11-4-5-18(17(9-24)16(11)8-23)28-19(10-25)21(27)15-6-14(7-22)20(26)13(3)12(15)2/h4-6,8,19,21-22,24-27H,7,9-10H2,1-3H3. The van der Waals surface area contributed by atoms with Crippen molar-refractivity contribution in [1.29, 1.82) is 0 Å². The summed E-state index contributed by atoms with van der Waals surface area (Å²) < 4.78 is 5.75. The molecule has 0 aliphatic heterocycles. The van der Waals surface area contributed by atoms with Crippen LogP contribution in [0.4, 0.5) is 0 Å². The van der Waals surface area contributed by atoms with Crippen LogP contribution in [0, 0.1) is 20.8 Å². The predicted molar refractivity (Wildman–Crippen MR) is 102 cm³/mol. The third-order valence-corrected chi connectivity index (χ3v) is 5.09. The van der Waals surface area contributed by atoms with Gasteiger partial charge in [-0.1, -0.05) is 6.07 Å². The van der Waals surface area contributed by atoms with Crippen LogP contribution in [0.2, 0.25) is 0 Å². The van der Waals surface area contributed by atoms with Gasteiger partial charge in [0.1, 0.15) is 17.6 Å². The van der Waals surface area contributed by atoms with Gasteiger partial charge in [0.2, 0.25) is 0 Å². The van der Waals surface area contributed by atoms with E-state index in [-0.39, 0.29) is 22.6 Å². The van der Waals surface area contributed by atoms with Crippen molar-refractivity contribution in [2.24, 2.45) is 0 Å². The summed E-state index contributed by atoms with van der Waals surface area (Å²) in [5.41, 5.74) is 3.00. The lowest BCUT2D eigenvalue weighted by molar-refractivity contribution is -0.000686. The Labute approximate surface area is 163 Å². The smallest absolute Gasteiger partial charge is 0.152 e. The molecule has 7 nitrogen and oxygen atoms in total. The van der Waals surface area contributed by atoms with E-state index in [9.17, 15) is 30.3 Å². The highest BCUT2D eigenvalue weighted by Crippen LogP contribution is 2.34. The molecule has 0 aromatic heterocycles. The molecule has 28 heavy (non-hydrogen) atoms. The summed E-state index contributed by atoms with van der Waals surface area (Å²) in [6, 6.07) is 4.68. The van der Waals surface area contributed by atoms with Crippen molar-refractivity contribution in [1.82, 2.24) is 0 Å². The van der Waals surface area contributed by atoms with Gasteiger partial charge in [-0.2, -0.15) is 0 Å². The minimum absolute atomic E-state index is 0.0471. The van der Waals surface area contributed by atoms with Crippen molar-refractivity contribution >= 4 is 6.29 Å². The average molecular weight is 390 g/mol. The first-order chi connectivity index (χ1) is 13.3. The van der Waals surface area contributed by atoms with Crippen LogP contribution in [0.15, 0.2) is 18.2 Å². The van der Waals surface area contributed by atoms with Crippen LogP contribution in [-0.2, 0) is 13.2 Å². The summed E-state index contributed by atoms with van der Waals surface area (Å²) >= 11 is 0. The average Bonchev–Trinajstić information content (AvgIpc) is 2.70. The van der Waals surface area contributed by atoms with Crippen LogP contribution in [0.3, 0.4) is 0 Å². The Morgan fingerprint density at radius 1 is 1.07 bits per heavy atom. The van der Waals surface area contributed by atoms with Gasteiger partial charge in [0.15, 0.2) is 12.4 Å². The molecule has 0 fully saturated rings. The molecule has 152 valence electrons. The van der Waals surface area contributed by atoms with Gasteiger partial charge < -0.3 is 30.3 Å². The number of phenols is 1. The van der Waals surface area contributed by atoms with Gasteiger partial charge in [-0.3, -0.25) is 4.79 Å². The van der Waals surface area contributed by atoms with Crippen molar-refractivity contribution in [3.63, 3.8) is 0 Å². The highest BCUT2D eigenvalue weighted by atomic mass is 16.5. The molecule has 0 bridgehead atoms. The fourth-order valence-corrected chi connectivity index (χ4v) is 3.19. The Bertz CT molecular complexity index is 861. The fourth-order valence-electron chi connectivity index (χ4n) is 3.19. The Hall–Kier alpha value is -2.45. The van der Waals surface area contributed by atoms with Crippen LogP contribution < -0.4 is 4.74 Å². The maximum absolute atomic E-state index is 11.3. The summed E-state index contributed by atoms with van der Waals surface area (Å²) in [5.74, 6) is 0.137. The van der Waals surface area contributed by atoms with Crippen molar-refractivity contribution < 1.29 is 35.1 Å². The zero-order chi connectivity index (χ0) is 21.0. The van der Waals surface area contributed by atoms with Gasteiger partial charge in [-0.15, -0.1) is 0 Å². The number of ether oxygens (including phenoxy) is 1. The monoisotopic (exact) mass is 390 g/mol. The number of carbonyl (C=O) groups is 1. The highest BCUT2D eigenvalue weighted by molar-refractivity contribution is 5.81. The number of aliphatic hydroxyl groups is 4. The number of aldehydes is 1. The lowest BCUT2D eigenvalue weighted by Crippen LogP contribution is -2.30. The molecule has 0 saturated heterocycles. The Kier molecular flexibility index (Phi) is 7.15. The number of carbonyl (C=O) groups excluding carboxylic acids is 1. The summed E-state index contributed by atoms with van der Waals surface area (Å²) in [4.78, 5) is 11.3. The van der Waals surface area contributed by atoms with Gasteiger partial charge in [0, 0.05) is 16.7 Å². The molecule has 0 heterocycles. The highest BCUT2D eigenvalue weighted by Gasteiger charge is 2.27. The maximum Gasteiger partial charge on any atom is 0.152 e. The van der Waals surface area contributed by atoms with Crippen LogP contribution >= 0.6 is 0 Å². The van der Waals surface area contributed by atoms with Crippen LogP contribution in [0.1, 0.15) is 49.8 Å². The van der Waals surface area contributed by atoms with Crippen molar-refractivity contribution in [2.45, 2.75) is 46.2 Å². The van der Waals surface area contributed by atoms with E-state index in [1.54, 1.807) is 32.9 Å². The Morgan fingerprint density at radius 3 is 2.29 bits per heavy atom. The van der Waals surface area contributed by atoms with E-state index in [0.717, 1.165) is 0 Å². The second-order valence-electron chi connectivity index (χ2n) is 6.71. The Balaban J connectivity index is 2.45. The van der Waals surface area contributed by atoms with E-state index in [0.29, 0.717) is 34.1 Å². The molecule has 0 aliphatic carbocycles. The summed E-state index contributed by atoms with van der Waals surface area (Å²) in [7, 11) is 0. The topological polar surface area (TPSA) is 127 Å². The molecule has 2 aromatic carbocycles. The molecule has 0 saturated carbocycles. The van der Waals surface area contributed by atoms with E-state index >= 15 is 0 Å². The quantitative estimate of drug-likeness (QED) is 0.433. The second kappa shape index (κ2) is 9.16. The second-order valence-corrected chi connectivity index (χ2v) is 6.71. The number of hydrogen-bond donors (Lipinski definition) is 5. The maximum atomic E-state index is 11.3. The van der Waals surface area contributed by atoms with Gasteiger partial charge in [0.05, 0.1) is 19.8 Å². The van der Waals surface area contributed by atoms with Crippen molar-refractivity contribution in [3.05, 3.63) is 57.1 Å². The molecule has 2 unspecified atom stereocenters. The van der Waals surface area contributed by atoms with E-state index in [1.807, 2.05) is 0 Å². The summed E-state index contributed by atoms with van der Waals surface area (Å²) in [6.45, 7) is 3.71. The molecule has 0 amide bonds. The van der Waals surface area contributed by atoms with Gasteiger partial charge >= 0.3 is 0 Å². The van der Waals surface area contributed by atoms with Crippen molar-refractivity contribution in [2.75, 3.05) is 6.61 Å². The molecule has 0 radical (unpaired) electrons. The molecular weight excluding hydrogens is 364 g/mol. The largest absolute Gasteiger partial charge is 0.507 e. The number of hydrogen-bond acceptors (Lipinski definition) is 7. The summed E-state index contributed by atoms with van der Waals surface area (Å²) in [5, 5.41) is 49.8. The molecule has 2 aromatic rings. The van der Waals surface area contributed by atoms with Gasteiger partial charge in [-0.05, 0) is 55.2 Å². The lowest BCUT2D eigenvalue weighted by atomic mass is 9.92. The zero-order valence-electron chi connectivity index (χ0n) is 16.1. The van der Waals surface area contributed by atoms with E-state index in [2.05, 4.69) is 0 Å². The SMILES string of the molecule is Cc1ccc(OC(CO)C(O)c2cc(CO)c(O)c(C)c2C)c(CO)c1C=O. The predicted octanol–water partition coefficient (Wildman–Crippen LogP) is 1.59. The van der Waals surface area contributed by atoms with Crippen LogP contribution in [-0.4, -0.2) is 44.5 Å². The van der Waals surface area contributed by atoms with Crippen LogP contribution in [0.25, 0.3) is 0 Å². The minimum atomic E-state index is -1.28. The molecule has 2 rings (SSSR count). The number of benzene rings is 2. The van der Waals surface area contributed by atoms with Gasteiger partial charge in [-0.25, -0.2) is 0 Å². The molecule has 2 atom stereocenters. The van der Waals surface area contributed by atoms with Gasteiger partial charge in [0.25, 0.3) is 0 Å². The third kappa shape index (κ3) is 4.02. The van der Waals surface area contributed by atoms with E-state index < -0.39 is 32.0 Å². The number of aryl methyl sites for hydroxylation is 1. The van der Waals surface area contributed by atoms with Crippen LogP contribution in [0.5, 0.6) is 11.5 Å². The van der Waals surface area contributed by atoms with Crippen molar-refractivity contribution in [3.8, 4) is 11.5 Å². The Morgan fingerprint density at radius 2 is 1.75 bits per heavy atom. The minimum Gasteiger partial charge on any atom is -0.507 e. The van der Waals surface area contributed by atoms with E-state index in [1.165, 1.54) is 6.07 Å². The molecular formula is C21H26O7. The number of aliphatic hydroxyl groups excluding tert-OH is 4. The molecule has 0 spiro atoms. The first kappa shape index (κ1) is 21.8. The molecule has 5 N–H and O–H groups in total. The molecule has 0 aliphatic rings. The fraction of sp³-hybridized carbons (Fsp3) is 0.381. The number of aromatic hydroxyl groups is 1. The summed E-state index contributed by atoms with van der Waals surface area (Å²) in [6.07, 6.45) is -1.75. The van der Waals surface area contributed by atoms with E-state index in [4.69, 9.17) is 4.74 Å². The third-order valence-electron chi connectivity index (χ3n) is 5.09. The molecule has 7 heteroatoms. The number of rotatable bonds is 8.